The largest absolute Gasteiger partial charge is 0.456 e. The van der Waals surface area contributed by atoms with Gasteiger partial charge in [0, 0.05) is 60.6 Å². The van der Waals surface area contributed by atoms with E-state index in [9.17, 15) is 0 Å². The SMILES string of the molecule is c1ccc(-c2cccc(-n3c4ccccc4c4cc(-c5ccc(N(c6ccc(-c7ccc8oc9ccccc9c8c7)cc6)c6ccc(-c7cccc8c7oc7ccccc78)cc6)cc5)ccc43)c2)cc1. The summed E-state index contributed by atoms with van der Waals surface area (Å²) in [5.74, 6) is 0. The number of hydrogen-bond donors (Lipinski definition) is 0. The summed E-state index contributed by atoms with van der Waals surface area (Å²) in [6.45, 7) is 0. The summed E-state index contributed by atoms with van der Waals surface area (Å²) < 4.78 is 15.0. The molecule has 0 amide bonds. The van der Waals surface area contributed by atoms with Crippen LogP contribution in [0.1, 0.15) is 0 Å². The summed E-state index contributed by atoms with van der Waals surface area (Å²) in [7, 11) is 0. The second kappa shape index (κ2) is 16.2. The van der Waals surface area contributed by atoms with E-state index in [1.54, 1.807) is 0 Å². The zero-order valence-electron chi connectivity index (χ0n) is 38.0. The molecule has 3 aromatic heterocycles. The Morgan fingerprint density at radius 2 is 0.743 bits per heavy atom. The van der Waals surface area contributed by atoms with Gasteiger partial charge in [-0.1, -0.05) is 164 Å². The van der Waals surface area contributed by atoms with E-state index in [-0.39, 0.29) is 0 Å². The molecule has 11 aromatic carbocycles. The Kier molecular flexibility index (Phi) is 9.17. The number of aromatic nitrogens is 1. The van der Waals surface area contributed by atoms with Crippen LogP contribution in [0.2, 0.25) is 0 Å². The molecule has 0 aliphatic rings. The number of benzene rings is 11. The molecule has 0 atom stereocenters. The molecule has 0 unspecified atom stereocenters. The van der Waals surface area contributed by atoms with Gasteiger partial charge in [-0.3, -0.25) is 0 Å². The number of hydrogen-bond acceptors (Lipinski definition) is 3. The minimum Gasteiger partial charge on any atom is -0.456 e. The van der Waals surface area contributed by atoms with Crippen LogP contribution in [-0.4, -0.2) is 4.57 Å². The van der Waals surface area contributed by atoms with Gasteiger partial charge < -0.3 is 18.3 Å². The minimum absolute atomic E-state index is 0.896. The lowest BCUT2D eigenvalue weighted by molar-refractivity contribution is 0.669. The van der Waals surface area contributed by atoms with Crippen molar-refractivity contribution in [1.82, 2.24) is 4.57 Å². The van der Waals surface area contributed by atoms with Gasteiger partial charge in [0.2, 0.25) is 0 Å². The summed E-state index contributed by atoms with van der Waals surface area (Å²) in [6, 6.07) is 91.2. The molecule has 4 heteroatoms. The van der Waals surface area contributed by atoms with Gasteiger partial charge in [0.25, 0.3) is 0 Å². The first kappa shape index (κ1) is 39.8. The highest BCUT2D eigenvalue weighted by atomic mass is 16.3. The first-order valence-electron chi connectivity index (χ1n) is 23.8. The third-order valence-electron chi connectivity index (χ3n) is 14.0. The minimum atomic E-state index is 0.896. The third-order valence-corrected chi connectivity index (χ3v) is 14.0. The predicted molar refractivity (Wildman–Crippen MR) is 292 cm³/mol. The Balaban J connectivity index is 0.841. The van der Waals surface area contributed by atoms with Crippen LogP contribution in [0, 0.1) is 0 Å². The fourth-order valence-electron chi connectivity index (χ4n) is 10.6. The van der Waals surface area contributed by atoms with Crippen LogP contribution in [0.15, 0.2) is 264 Å². The van der Waals surface area contributed by atoms with Crippen molar-refractivity contribution in [3.05, 3.63) is 255 Å². The van der Waals surface area contributed by atoms with Gasteiger partial charge in [0.1, 0.15) is 22.3 Å². The zero-order chi connectivity index (χ0) is 46.1. The van der Waals surface area contributed by atoms with Crippen LogP contribution >= 0.6 is 0 Å². The van der Waals surface area contributed by atoms with Crippen molar-refractivity contribution in [3.8, 4) is 50.2 Å². The van der Waals surface area contributed by atoms with Gasteiger partial charge >= 0.3 is 0 Å². The highest BCUT2D eigenvalue weighted by Gasteiger charge is 2.18. The van der Waals surface area contributed by atoms with E-state index in [2.05, 4.69) is 240 Å². The first-order valence-corrected chi connectivity index (χ1v) is 23.8. The summed E-state index contributed by atoms with van der Waals surface area (Å²) >= 11 is 0. The number of fused-ring (bicyclic) bond motifs is 9. The number of anilines is 3. The maximum atomic E-state index is 6.46. The lowest BCUT2D eigenvalue weighted by Crippen LogP contribution is -2.09. The van der Waals surface area contributed by atoms with Crippen LogP contribution in [0.4, 0.5) is 17.1 Å². The number of furan rings is 2. The topological polar surface area (TPSA) is 34.5 Å². The Labute approximate surface area is 404 Å². The lowest BCUT2D eigenvalue weighted by atomic mass is 10.0. The zero-order valence-corrected chi connectivity index (χ0v) is 38.0. The van der Waals surface area contributed by atoms with Crippen LogP contribution < -0.4 is 4.90 Å². The highest BCUT2D eigenvalue weighted by Crippen LogP contribution is 2.42. The Bertz CT molecular complexity index is 4270. The van der Waals surface area contributed by atoms with Crippen molar-refractivity contribution >= 4 is 82.7 Å². The average Bonchev–Trinajstić information content (AvgIpc) is 4.11. The fraction of sp³-hybridized carbons (Fsp3) is 0. The molecule has 0 bridgehead atoms. The molecular formula is C66H42N2O2. The van der Waals surface area contributed by atoms with Gasteiger partial charge in [-0.15, -0.1) is 0 Å². The number of nitrogens with zero attached hydrogens (tertiary/aromatic N) is 2. The molecule has 0 N–H and O–H groups in total. The van der Waals surface area contributed by atoms with Crippen LogP contribution in [0.25, 0.3) is 116 Å². The quantitative estimate of drug-likeness (QED) is 0.152. The van der Waals surface area contributed by atoms with Gasteiger partial charge in [-0.2, -0.15) is 0 Å². The monoisotopic (exact) mass is 894 g/mol. The first-order chi connectivity index (χ1) is 34.7. The van der Waals surface area contributed by atoms with E-state index in [4.69, 9.17) is 8.83 Å². The second-order valence-corrected chi connectivity index (χ2v) is 18.1. The fourth-order valence-corrected chi connectivity index (χ4v) is 10.6. The molecule has 0 fully saturated rings. The molecule has 14 rings (SSSR count). The molecule has 70 heavy (non-hydrogen) atoms. The number of rotatable bonds is 8. The lowest BCUT2D eigenvalue weighted by Gasteiger charge is -2.26. The molecule has 0 radical (unpaired) electrons. The number of para-hydroxylation sites is 4. The average molecular weight is 895 g/mol. The normalized spacial score (nSPS) is 11.7. The molecule has 14 aromatic rings. The maximum absolute atomic E-state index is 6.46. The van der Waals surface area contributed by atoms with E-state index in [0.717, 1.165) is 94.4 Å². The summed E-state index contributed by atoms with van der Waals surface area (Å²) in [5.41, 5.74) is 19.5. The van der Waals surface area contributed by atoms with Crippen molar-refractivity contribution in [3.63, 3.8) is 0 Å². The van der Waals surface area contributed by atoms with Crippen molar-refractivity contribution in [2.24, 2.45) is 0 Å². The molecule has 0 saturated heterocycles. The molecule has 0 saturated carbocycles. The van der Waals surface area contributed by atoms with Crippen molar-refractivity contribution in [1.29, 1.82) is 0 Å². The molecular weight excluding hydrogens is 853 g/mol. The Morgan fingerprint density at radius 1 is 0.271 bits per heavy atom. The highest BCUT2D eigenvalue weighted by molar-refractivity contribution is 6.11. The third kappa shape index (κ3) is 6.61. The van der Waals surface area contributed by atoms with Crippen LogP contribution in [0.3, 0.4) is 0 Å². The predicted octanol–water partition coefficient (Wildman–Crippen LogP) is 18.7. The van der Waals surface area contributed by atoms with E-state index >= 15 is 0 Å². The smallest absolute Gasteiger partial charge is 0.143 e. The Morgan fingerprint density at radius 3 is 1.46 bits per heavy atom. The molecule has 0 spiro atoms. The molecule has 4 nitrogen and oxygen atoms in total. The van der Waals surface area contributed by atoms with E-state index in [1.807, 2.05) is 24.3 Å². The van der Waals surface area contributed by atoms with Crippen LogP contribution in [0.5, 0.6) is 0 Å². The van der Waals surface area contributed by atoms with Gasteiger partial charge in [0.05, 0.1) is 11.0 Å². The van der Waals surface area contributed by atoms with E-state index in [1.165, 1.54) is 38.5 Å². The van der Waals surface area contributed by atoms with Gasteiger partial charge in [-0.05, 0) is 130 Å². The summed E-state index contributed by atoms with van der Waals surface area (Å²) in [6.07, 6.45) is 0. The van der Waals surface area contributed by atoms with Crippen molar-refractivity contribution in [2.45, 2.75) is 0 Å². The van der Waals surface area contributed by atoms with E-state index < -0.39 is 0 Å². The second-order valence-electron chi connectivity index (χ2n) is 18.1. The Hall–Kier alpha value is -9.38. The maximum Gasteiger partial charge on any atom is 0.143 e. The van der Waals surface area contributed by atoms with Gasteiger partial charge in [-0.25, -0.2) is 0 Å². The van der Waals surface area contributed by atoms with E-state index in [0.29, 0.717) is 0 Å². The van der Waals surface area contributed by atoms with Gasteiger partial charge in [0.15, 0.2) is 0 Å². The summed E-state index contributed by atoms with van der Waals surface area (Å²) in [5, 5.41) is 6.95. The standard InChI is InChI=1S/C66H42N2O2/c1-2-12-43(13-3-1)47-14-10-15-53(40-47)68-61-21-7-4-16-55(61)59-41-48(30-38-62(59)68)44-24-32-50(33-25-44)67(51-34-26-45(27-35-51)49-31-39-65-60(42-49)57-18-6-8-22-63(57)69-65)52-36-28-46(29-37-52)54-19-11-20-58-56-17-5-9-23-64(56)70-66(54)58/h1-42H. The van der Waals surface area contributed by atoms with Crippen molar-refractivity contribution < 1.29 is 8.83 Å². The molecule has 328 valence electrons. The summed E-state index contributed by atoms with van der Waals surface area (Å²) in [4.78, 5) is 2.34. The van der Waals surface area contributed by atoms with Crippen molar-refractivity contribution in [2.75, 3.05) is 4.90 Å². The molecule has 0 aliphatic heterocycles. The molecule has 3 heterocycles. The van der Waals surface area contributed by atoms with Crippen LogP contribution in [-0.2, 0) is 0 Å². The molecule has 0 aliphatic carbocycles.